The van der Waals surface area contributed by atoms with Crippen LogP contribution >= 0.6 is 11.3 Å². The van der Waals surface area contributed by atoms with Gasteiger partial charge in [0.2, 0.25) is 10.0 Å². The number of hydrogen-bond donors (Lipinski definition) is 1. The van der Waals surface area contributed by atoms with E-state index in [1.807, 2.05) is 29.5 Å². The minimum absolute atomic E-state index is 0.0449. The van der Waals surface area contributed by atoms with Crippen LogP contribution in [-0.4, -0.2) is 38.9 Å². The zero-order valence-corrected chi connectivity index (χ0v) is 17.2. The van der Waals surface area contributed by atoms with Gasteiger partial charge in [0.15, 0.2) is 0 Å². The first-order valence-electron chi connectivity index (χ1n) is 9.36. The zero-order valence-electron chi connectivity index (χ0n) is 15.6. The molecule has 0 aliphatic heterocycles. The standard InChI is InChI=1S/C20H26N2O3S2/c1-22(17-6-3-2-4-7-17)20(23)16-9-11-19(12-10-16)27(24,25)21-14-13-18-8-5-15-26-18/h5,8-12,15,17,21H,2-4,6-7,13-14H2,1H3. The fourth-order valence-electron chi connectivity index (χ4n) is 3.46. The molecular formula is C20H26N2O3S2. The van der Waals surface area contributed by atoms with Gasteiger partial charge in [0, 0.05) is 30.1 Å². The van der Waals surface area contributed by atoms with Gasteiger partial charge in [0.1, 0.15) is 0 Å². The minimum Gasteiger partial charge on any atom is -0.339 e. The van der Waals surface area contributed by atoms with Gasteiger partial charge in [-0.1, -0.05) is 25.3 Å². The van der Waals surface area contributed by atoms with Crippen molar-refractivity contribution in [3.8, 4) is 0 Å². The maximum Gasteiger partial charge on any atom is 0.253 e. The molecule has 7 heteroatoms. The van der Waals surface area contributed by atoms with Gasteiger partial charge >= 0.3 is 0 Å². The van der Waals surface area contributed by atoms with Crippen LogP contribution in [0.15, 0.2) is 46.7 Å². The van der Waals surface area contributed by atoms with Crippen LogP contribution in [0.5, 0.6) is 0 Å². The summed E-state index contributed by atoms with van der Waals surface area (Å²) >= 11 is 1.61. The molecule has 1 aliphatic rings. The van der Waals surface area contributed by atoms with Crippen molar-refractivity contribution in [2.75, 3.05) is 13.6 Å². The molecule has 1 aromatic carbocycles. The minimum atomic E-state index is -3.57. The molecule has 0 bridgehead atoms. The summed E-state index contributed by atoms with van der Waals surface area (Å²) < 4.78 is 27.5. The number of thiophene rings is 1. The van der Waals surface area contributed by atoms with Crippen molar-refractivity contribution < 1.29 is 13.2 Å². The lowest BCUT2D eigenvalue weighted by Gasteiger charge is -2.31. The molecule has 0 radical (unpaired) electrons. The van der Waals surface area contributed by atoms with Crippen LogP contribution in [0.4, 0.5) is 0 Å². The van der Waals surface area contributed by atoms with Gasteiger partial charge in [-0.05, 0) is 55.0 Å². The van der Waals surface area contributed by atoms with E-state index in [4.69, 9.17) is 0 Å². The molecule has 1 heterocycles. The number of hydrogen-bond acceptors (Lipinski definition) is 4. The van der Waals surface area contributed by atoms with Crippen molar-refractivity contribution in [2.45, 2.75) is 49.5 Å². The van der Waals surface area contributed by atoms with Crippen molar-refractivity contribution in [1.29, 1.82) is 0 Å². The summed E-state index contributed by atoms with van der Waals surface area (Å²) in [6.07, 6.45) is 6.32. The van der Waals surface area contributed by atoms with Gasteiger partial charge in [-0.25, -0.2) is 13.1 Å². The first-order chi connectivity index (χ1) is 13.0. The van der Waals surface area contributed by atoms with Gasteiger partial charge in [-0.2, -0.15) is 0 Å². The lowest BCUT2D eigenvalue weighted by atomic mass is 9.94. The summed E-state index contributed by atoms with van der Waals surface area (Å²) in [6, 6.07) is 10.5. The van der Waals surface area contributed by atoms with E-state index in [1.165, 1.54) is 18.6 Å². The Kier molecular flexibility index (Phi) is 6.68. The lowest BCUT2D eigenvalue weighted by Crippen LogP contribution is -2.38. The highest BCUT2D eigenvalue weighted by molar-refractivity contribution is 7.89. The van der Waals surface area contributed by atoms with Crippen molar-refractivity contribution in [3.05, 3.63) is 52.2 Å². The molecule has 1 saturated carbocycles. The van der Waals surface area contributed by atoms with Gasteiger partial charge in [0.05, 0.1) is 4.90 Å². The summed E-state index contributed by atoms with van der Waals surface area (Å²) in [4.78, 5) is 15.8. The van der Waals surface area contributed by atoms with Gasteiger partial charge < -0.3 is 4.90 Å². The SMILES string of the molecule is CN(C(=O)c1ccc(S(=O)(=O)NCCc2cccs2)cc1)C1CCCCC1. The molecule has 1 fully saturated rings. The molecule has 0 unspecified atom stereocenters. The van der Waals surface area contributed by atoms with Crippen LogP contribution in [0.3, 0.4) is 0 Å². The Hall–Kier alpha value is -1.70. The van der Waals surface area contributed by atoms with Crippen LogP contribution in [0.1, 0.15) is 47.3 Å². The number of sulfonamides is 1. The number of rotatable bonds is 7. The van der Waals surface area contributed by atoms with Gasteiger partial charge in [0.25, 0.3) is 5.91 Å². The third-order valence-electron chi connectivity index (χ3n) is 5.10. The molecule has 5 nitrogen and oxygen atoms in total. The van der Waals surface area contributed by atoms with Crippen molar-refractivity contribution >= 4 is 27.3 Å². The van der Waals surface area contributed by atoms with Crippen LogP contribution in [0, 0.1) is 0 Å². The number of nitrogens with one attached hydrogen (secondary N) is 1. The predicted octanol–water partition coefficient (Wildman–Crippen LogP) is 3.67. The second-order valence-electron chi connectivity index (χ2n) is 6.96. The summed E-state index contributed by atoms with van der Waals surface area (Å²) in [6.45, 7) is 0.355. The molecule has 1 N–H and O–H groups in total. The molecular weight excluding hydrogens is 380 g/mol. The maximum atomic E-state index is 12.7. The Morgan fingerprint density at radius 2 is 1.85 bits per heavy atom. The Morgan fingerprint density at radius 3 is 2.48 bits per heavy atom. The fourth-order valence-corrected chi connectivity index (χ4v) is 5.20. The van der Waals surface area contributed by atoms with E-state index in [-0.39, 0.29) is 16.8 Å². The predicted molar refractivity (Wildman–Crippen MR) is 109 cm³/mol. The van der Waals surface area contributed by atoms with Gasteiger partial charge in [-0.15, -0.1) is 11.3 Å². The smallest absolute Gasteiger partial charge is 0.253 e. The molecule has 1 aromatic heterocycles. The van der Waals surface area contributed by atoms with Crippen molar-refractivity contribution in [2.24, 2.45) is 0 Å². The van der Waals surface area contributed by atoms with Crippen LogP contribution in [0.25, 0.3) is 0 Å². The first kappa shape index (κ1) is 20.0. The van der Waals surface area contributed by atoms with Crippen LogP contribution in [0.2, 0.25) is 0 Å². The molecule has 0 atom stereocenters. The average molecular weight is 407 g/mol. The molecule has 27 heavy (non-hydrogen) atoms. The zero-order chi connectivity index (χ0) is 19.3. The quantitative estimate of drug-likeness (QED) is 0.763. The maximum absolute atomic E-state index is 12.7. The van der Waals surface area contributed by atoms with E-state index >= 15 is 0 Å². The van der Waals surface area contributed by atoms with Crippen LogP contribution < -0.4 is 4.72 Å². The molecule has 3 rings (SSSR count). The Morgan fingerprint density at radius 1 is 1.15 bits per heavy atom. The molecule has 1 amide bonds. The largest absolute Gasteiger partial charge is 0.339 e. The first-order valence-corrected chi connectivity index (χ1v) is 11.7. The fraction of sp³-hybridized carbons (Fsp3) is 0.450. The van der Waals surface area contributed by atoms with E-state index in [0.29, 0.717) is 18.5 Å². The monoisotopic (exact) mass is 406 g/mol. The van der Waals surface area contributed by atoms with Crippen molar-refractivity contribution in [1.82, 2.24) is 9.62 Å². The van der Waals surface area contributed by atoms with E-state index in [2.05, 4.69) is 4.72 Å². The van der Waals surface area contributed by atoms with E-state index in [0.717, 1.165) is 30.6 Å². The average Bonchev–Trinajstić information content (AvgIpc) is 3.21. The third-order valence-corrected chi connectivity index (χ3v) is 7.51. The number of carbonyl (C=O) groups excluding carboxylic acids is 1. The van der Waals surface area contributed by atoms with E-state index in [1.54, 1.807) is 23.5 Å². The summed E-state index contributed by atoms with van der Waals surface area (Å²) in [5.74, 6) is -0.0449. The summed E-state index contributed by atoms with van der Waals surface area (Å²) in [5, 5.41) is 1.98. The van der Waals surface area contributed by atoms with Crippen LogP contribution in [-0.2, 0) is 16.4 Å². The highest BCUT2D eigenvalue weighted by Gasteiger charge is 2.23. The lowest BCUT2D eigenvalue weighted by molar-refractivity contribution is 0.0696. The topological polar surface area (TPSA) is 66.5 Å². The van der Waals surface area contributed by atoms with E-state index in [9.17, 15) is 13.2 Å². The second kappa shape index (κ2) is 8.99. The van der Waals surface area contributed by atoms with E-state index < -0.39 is 10.0 Å². The molecule has 2 aromatic rings. The van der Waals surface area contributed by atoms with Gasteiger partial charge in [-0.3, -0.25) is 4.79 Å². The summed E-state index contributed by atoms with van der Waals surface area (Å²) in [7, 11) is -1.72. The Bertz CT molecular complexity index is 840. The normalized spacial score (nSPS) is 15.6. The number of carbonyl (C=O) groups is 1. The number of amides is 1. The molecule has 1 aliphatic carbocycles. The second-order valence-corrected chi connectivity index (χ2v) is 9.76. The van der Waals surface area contributed by atoms with Crippen molar-refractivity contribution in [3.63, 3.8) is 0 Å². The third kappa shape index (κ3) is 5.18. The molecule has 0 spiro atoms. The molecule has 0 saturated heterocycles. The number of benzene rings is 1. The summed E-state index contributed by atoms with van der Waals surface area (Å²) in [5.41, 5.74) is 0.528. The highest BCUT2D eigenvalue weighted by Crippen LogP contribution is 2.23. The Labute approximate surface area is 165 Å². The highest BCUT2D eigenvalue weighted by atomic mass is 32.2. The Balaban J connectivity index is 1.60. The molecule has 146 valence electrons. The number of nitrogens with zero attached hydrogens (tertiary/aromatic N) is 1.